The van der Waals surface area contributed by atoms with Crippen LogP contribution in [0.2, 0.25) is 0 Å². The van der Waals surface area contributed by atoms with Gasteiger partial charge >= 0.3 is 5.97 Å². The average Bonchev–Trinajstić information content (AvgIpc) is 2.66. The molecule has 3 N–H and O–H groups in total. The average molecular weight is 295 g/mol. The van der Waals surface area contributed by atoms with E-state index in [-0.39, 0.29) is 5.92 Å². The minimum absolute atomic E-state index is 0.125. The third-order valence-corrected chi connectivity index (χ3v) is 4.72. The van der Waals surface area contributed by atoms with Crippen LogP contribution in [0.1, 0.15) is 41.5 Å². The maximum Gasteiger partial charge on any atom is 0.307 e. The third kappa shape index (κ3) is 2.47. The highest BCUT2D eigenvalue weighted by molar-refractivity contribution is 5.73. The number of anilines is 1. The van der Waals surface area contributed by atoms with Crippen LogP contribution in [0.4, 0.5) is 5.69 Å². The molecule has 114 valence electrons. The van der Waals surface area contributed by atoms with Crippen molar-refractivity contribution in [3.8, 4) is 0 Å². The monoisotopic (exact) mass is 295 g/mol. The molecule has 0 aliphatic heterocycles. The summed E-state index contributed by atoms with van der Waals surface area (Å²) in [6.45, 7) is 1.94. The van der Waals surface area contributed by atoms with E-state index in [4.69, 9.17) is 5.73 Å². The highest BCUT2D eigenvalue weighted by Gasteiger charge is 2.33. The second-order valence-corrected chi connectivity index (χ2v) is 5.99. The van der Waals surface area contributed by atoms with Crippen molar-refractivity contribution in [2.75, 3.05) is 5.73 Å². The molecule has 2 unspecified atom stereocenters. The number of nitrogens with two attached hydrogens (primary N) is 1. The second-order valence-electron chi connectivity index (χ2n) is 5.99. The smallest absolute Gasteiger partial charge is 0.307 e. The van der Waals surface area contributed by atoms with Crippen molar-refractivity contribution in [2.24, 2.45) is 5.92 Å². The van der Waals surface area contributed by atoms with Gasteiger partial charge in [0.25, 0.3) is 0 Å². The van der Waals surface area contributed by atoms with Gasteiger partial charge in [0.05, 0.1) is 5.92 Å². The van der Waals surface area contributed by atoms with Gasteiger partial charge in [-0.1, -0.05) is 37.3 Å². The Hall–Kier alpha value is -2.29. The molecule has 2 aromatic carbocycles. The predicted molar refractivity (Wildman–Crippen MR) is 88.0 cm³/mol. The van der Waals surface area contributed by atoms with E-state index in [1.165, 1.54) is 11.1 Å². The Kier molecular flexibility index (Phi) is 3.88. The number of benzene rings is 2. The number of aliphatic carboxylic acids is 1. The minimum Gasteiger partial charge on any atom is -0.481 e. The largest absolute Gasteiger partial charge is 0.481 e. The van der Waals surface area contributed by atoms with Crippen molar-refractivity contribution in [1.82, 2.24) is 0 Å². The van der Waals surface area contributed by atoms with Crippen molar-refractivity contribution in [3.63, 3.8) is 0 Å². The number of rotatable bonds is 3. The highest BCUT2D eigenvalue weighted by Crippen LogP contribution is 2.41. The van der Waals surface area contributed by atoms with Crippen molar-refractivity contribution < 1.29 is 9.90 Å². The lowest BCUT2D eigenvalue weighted by atomic mass is 9.77. The number of hydrogen-bond donors (Lipinski definition) is 2. The van der Waals surface area contributed by atoms with Crippen LogP contribution in [0.15, 0.2) is 42.5 Å². The van der Waals surface area contributed by atoms with Gasteiger partial charge in [-0.05, 0) is 53.6 Å². The van der Waals surface area contributed by atoms with E-state index in [1.807, 2.05) is 31.2 Å². The molecule has 22 heavy (non-hydrogen) atoms. The molecule has 3 heteroatoms. The first-order valence-corrected chi connectivity index (χ1v) is 7.80. The molecule has 0 amide bonds. The Balaban J connectivity index is 2.24. The third-order valence-electron chi connectivity index (χ3n) is 4.72. The van der Waals surface area contributed by atoms with Gasteiger partial charge in [0.2, 0.25) is 0 Å². The molecule has 1 aliphatic carbocycles. The lowest BCUT2D eigenvalue weighted by Crippen LogP contribution is -2.23. The van der Waals surface area contributed by atoms with Crippen LogP contribution in [-0.4, -0.2) is 11.1 Å². The molecule has 2 atom stereocenters. The number of carboxylic acid groups (broad SMARTS) is 1. The summed E-state index contributed by atoms with van der Waals surface area (Å²) in [5, 5.41) is 9.71. The molecular weight excluding hydrogens is 274 g/mol. The Morgan fingerprint density at radius 1 is 1.18 bits per heavy atom. The zero-order chi connectivity index (χ0) is 15.7. The number of carboxylic acids is 1. The Labute approximate surface area is 130 Å². The Morgan fingerprint density at radius 2 is 1.86 bits per heavy atom. The maximum atomic E-state index is 11.8. The molecule has 0 radical (unpaired) electrons. The fourth-order valence-electron chi connectivity index (χ4n) is 3.62. The molecule has 2 aromatic rings. The summed E-state index contributed by atoms with van der Waals surface area (Å²) in [5.41, 5.74) is 11.4. The number of aryl methyl sites for hydroxylation is 2. The van der Waals surface area contributed by atoms with Gasteiger partial charge in [-0.15, -0.1) is 0 Å². The molecule has 0 saturated carbocycles. The normalized spacial score (nSPS) is 18.0. The van der Waals surface area contributed by atoms with Gasteiger partial charge in [-0.25, -0.2) is 0 Å². The topological polar surface area (TPSA) is 63.3 Å². The minimum atomic E-state index is -0.738. The fourth-order valence-corrected chi connectivity index (χ4v) is 3.62. The summed E-state index contributed by atoms with van der Waals surface area (Å²) in [4.78, 5) is 11.8. The van der Waals surface area contributed by atoms with Crippen molar-refractivity contribution in [3.05, 3.63) is 64.7 Å². The standard InChI is InChI=1S/C19H21NO2/c1-2-15(19(21)22)18-16-6-4-3-5-12(16)7-8-13-9-10-14(20)11-17(13)18/h3-6,9-11,15,18H,2,7-8,20H2,1H3,(H,21,22). The van der Waals surface area contributed by atoms with Crippen LogP contribution in [0.3, 0.4) is 0 Å². The molecule has 0 fully saturated rings. The lowest BCUT2D eigenvalue weighted by Gasteiger charge is -2.26. The molecular formula is C19H21NO2. The van der Waals surface area contributed by atoms with E-state index in [2.05, 4.69) is 18.2 Å². The van der Waals surface area contributed by atoms with E-state index < -0.39 is 11.9 Å². The van der Waals surface area contributed by atoms with E-state index in [1.54, 1.807) is 0 Å². The lowest BCUT2D eigenvalue weighted by molar-refractivity contribution is -0.142. The number of nitrogen functional groups attached to an aromatic ring is 1. The molecule has 0 saturated heterocycles. The molecule has 3 rings (SSSR count). The van der Waals surface area contributed by atoms with Gasteiger partial charge in [0, 0.05) is 11.6 Å². The van der Waals surface area contributed by atoms with Crippen LogP contribution in [-0.2, 0) is 17.6 Å². The Bertz CT molecular complexity index is 708. The number of fused-ring (bicyclic) bond motifs is 2. The van der Waals surface area contributed by atoms with Crippen LogP contribution in [0.5, 0.6) is 0 Å². The molecule has 1 aliphatic rings. The van der Waals surface area contributed by atoms with Crippen molar-refractivity contribution >= 4 is 11.7 Å². The first-order chi connectivity index (χ1) is 10.6. The number of hydrogen-bond acceptors (Lipinski definition) is 2. The number of carbonyl (C=O) groups is 1. The van der Waals surface area contributed by atoms with Gasteiger partial charge < -0.3 is 10.8 Å². The summed E-state index contributed by atoms with van der Waals surface area (Å²) < 4.78 is 0. The van der Waals surface area contributed by atoms with Gasteiger partial charge in [0.15, 0.2) is 0 Å². The van der Waals surface area contributed by atoms with E-state index in [9.17, 15) is 9.90 Å². The maximum absolute atomic E-state index is 11.8. The molecule has 0 spiro atoms. The SMILES string of the molecule is CCC(C(=O)O)C1c2ccccc2CCc2ccc(N)cc21. The summed E-state index contributed by atoms with van der Waals surface area (Å²) in [5.74, 6) is -1.29. The first-order valence-electron chi connectivity index (χ1n) is 7.80. The molecule has 0 aromatic heterocycles. The van der Waals surface area contributed by atoms with E-state index in [0.717, 1.165) is 24.0 Å². The summed E-state index contributed by atoms with van der Waals surface area (Å²) in [6.07, 6.45) is 2.47. The van der Waals surface area contributed by atoms with E-state index in [0.29, 0.717) is 12.1 Å². The zero-order valence-electron chi connectivity index (χ0n) is 12.8. The molecule has 3 nitrogen and oxygen atoms in total. The van der Waals surface area contributed by atoms with E-state index >= 15 is 0 Å². The second kappa shape index (κ2) is 5.84. The van der Waals surface area contributed by atoms with Crippen molar-refractivity contribution in [2.45, 2.75) is 32.1 Å². The van der Waals surface area contributed by atoms with Crippen LogP contribution in [0, 0.1) is 5.92 Å². The quantitative estimate of drug-likeness (QED) is 0.850. The van der Waals surface area contributed by atoms with Crippen LogP contribution >= 0.6 is 0 Å². The molecule has 0 heterocycles. The van der Waals surface area contributed by atoms with Gasteiger partial charge in [-0.3, -0.25) is 4.79 Å². The summed E-state index contributed by atoms with van der Waals surface area (Å²) >= 11 is 0. The van der Waals surface area contributed by atoms with Gasteiger partial charge in [0.1, 0.15) is 0 Å². The van der Waals surface area contributed by atoms with Gasteiger partial charge in [-0.2, -0.15) is 0 Å². The van der Waals surface area contributed by atoms with Crippen LogP contribution in [0.25, 0.3) is 0 Å². The first kappa shape index (κ1) is 14.6. The molecule has 0 bridgehead atoms. The Morgan fingerprint density at radius 3 is 2.55 bits per heavy atom. The fraction of sp³-hybridized carbons (Fsp3) is 0.316. The summed E-state index contributed by atoms with van der Waals surface area (Å²) in [6, 6.07) is 14.1. The highest BCUT2D eigenvalue weighted by atomic mass is 16.4. The predicted octanol–water partition coefficient (Wildman–Crippen LogP) is 3.61. The van der Waals surface area contributed by atoms with Crippen molar-refractivity contribution in [1.29, 1.82) is 0 Å². The zero-order valence-corrected chi connectivity index (χ0v) is 12.8. The summed E-state index contributed by atoms with van der Waals surface area (Å²) in [7, 11) is 0. The van der Waals surface area contributed by atoms with Crippen LogP contribution < -0.4 is 5.73 Å².